The average Bonchev–Trinajstić information content (AvgIpc) is 2.76. The van der Waals surface area contributed by atoms with Crippen LogP contribution in [0.25, 0.3) is 11.3 Å². The van der Waals surface area contributed by atoms with Crippen LogP contribution in [0.2, 0.25) is 5.02 Å². The highest BCUT2D eigenvalue weighted by atomic mass is 79.9. The standard InChI is InChI=1S/C12H8BrClO3/c1-16-12-9(4-7(14)5-10(12)13)11-3-2-8(6-15)17-11/h2-6H,1H3. The Kier molecular flexibility index (Phi) is 3.54. The lowest BCUT2D eigenvalue weighted by molar-refractivity contribution is 0.110. The second-order valence-electron chi connectivity index (χ2n) is 3.29. The van der Waals surface area contributed by atoms with E-state index in [1.54, 1.807) is 31.4 Å². The van der Waals surface area contributed by atoms with Crippen LogP contribution in [-0.4, -0.2) is 13.4 Å². The minimum atomic E-state index is 0.262. The van der Waals surface area contributed by atoms with Crippen LogP contribution >= 0.6 is 27.5 Å². The Hall–Kier alpha value is -1.26. The Labute approximate surface area is 111 Å². The van der Waals surface area contributed by atoms with E-state index in [-0.39, 0.29) is 5.76 Å². The molecule has 17 heavy (non-hydrogen) atoms. The molecule has 1 aromatic heterocycles. The Bertz CT molecular complexity index is 563. The van der Waals surface area contributed by atoms with Crippen LogP contribution in [0.1, 0.15) is 10.6 Å². The number of hydrogen-bond acceptors (Lipinski definition) is 3. The maximum absolute atomic E-state index is 10.6. The van der Waals surface area contributed by atoms with Gasteiger partial charge in [0.2, 0.25) is 0 Å². The number of aldehydes is 1. The van der Waals surface area contributed by atoms with Gasteiger partial charge in [0.1, 0.15) is 11.5 Å². The molecular formula is C12H8BrClO3. The molecule has 0 aliphatic carbocycles. The third kappa shape index (κ3) is 2.37. The van der Waals surface area contributed by atoms with Gasteiger partial charge >= 0.3 is 0 Å². The number of furan rings is 1. The van der Waals surface area contributed by atoms with Crippen LogP contribution in [0, 0.1) is 0 Å². The number of benzene rings is 1. The van der Waals surface area contributed by atoms with Gasteiger partial charge in [0.05, 0.1) is 17.1 Å². The first-order valence-electron chi connectivity index (χ1n) is 4.74. The number of rotatable bonds is 3. The lowest BCUT2D eigenvalue weighted by Crippen LogP contribution is -1.88. The molecule has 0 amide bonds. The first kappa shape index (κ1) is 12.2. The molecule has 3 nitrogen and oxygen atoms in total. The third-order valence-corrected chi connectivity index (χ3v) is 3.03. The van der Waals surface area contributed by atoms with E-state index in [4.69, 9.17) is 20.8 Å². The van der Waals surface area contributed by atoms with Crippen molar-refractivity contribution in [3.05, 3.63) is 39.5 Å². The second kappa shape index (κ2) is 4.94. The topological polar surface area (TPSA) is 39.4 Å². The second-order valence-corrected chi connectivity index (χ2v) is 4.58. The van der Waals surface area contributed by atoms with Gasteiger partial charge < -0.3 is 9.15 Å². The molecule has 0 fully saturated rings. The lowest BCUT2D eigenvalue weighted by Gasteiger charge is -2.09. The van der Waals surface area contributed by atoms with E-state index in [9.17, 15) is 4.79 Å². The summed E-state index contributed by atoms with van der Waals surface area (Å²) in [6.45, 7) is 0. The van der Waals surface area contributed by atoms with E-state index in [1.807, 2.05) is 0 Å². The molecule has 0 radical (unpaired) electrons. The molecule has 0 spiro atoms. The normalized spacial score (nSPS) is 10.3. The van der Waals surface area contributed by atoms with Gasteiger partial charge in [0.25, 0.3) is 0 Å². The van der Waals surface area contributed by atoms with Gasteiger partial charge in [-0.05, 0) is 40.2 Å². The molecule has 0 atom stereocenters. The van der Waals surface area contributed by atoms with Gasteiger partial charge in [0.15, 0.2) is 12.0 Å². The number of carbonyl (C=O) groups excluding carboxylic acids is 1. The van der Waals surface area contributed by atoms with Crippen molar-refractivity contribution in [3.63, 3.8) is 0 Å². The van der Waals surface area contributed by atoms with Crippen LogP contribution < -0.4 is 4.74 Å². The quantitative estimate of drug-likeness (QED) is 0.798. The van der Waals surface area contributed by atoms with Crippen LogP contribution in [0.3, 0.4) is 0 Å². The van der Waals surface area contributed by atoms with Gasteiger partial charge in [-0.1, -0.05) is 11.6 Å². The predicted molar refractivity (Wildman–Crippen MR) is 68.8 cm³/mol. The highest BCUT2D eigenvalue weighted by molar-refractivity contribution is 9.10. The number of hydrogen-bond donors (Lipinski definition) is 0. The SMILES string of the molecule is COc1c(Br)cc(Cl)cc1-c1ccc(C=O)o1. The molecule has 2 rings (SSSR count). The van der Waals surface area contributed by atoms with E-state index in [0.29, 0.717) is 28.4 Å². The number of carbonyl (C=O) groups is 1. The van der Waals surface area contributed by atoms with Crippen LogP contribution in [0.5, 0.6) is 5.75 Å². The highest BCUT2D eigenvalue weighted by Crippen LogP contribution is 2.39. The maximum Gasteiger partial charge on any atom is 0.185 e. The largest absolute Gasteiger partial charge is 0.495 e. The Morgan fingerprint density at radius 2 is 2.18 bits per heavy atom. The fraction of sp³-hybridized carbons (Fsp3) is 0.0833. The van der Waals surface area contributed by atoms with Gasteiger partial charge in [-0.2, -0.15) is 0 Å². The first-order chi connectivity index (χ1) is 8.15. The van der Waals surface area contributed by atoms with Crippen LogP contribution in [-0.2, 0) is 0 Å². The van der Waals surface area contributed by atoms with Gasteiger partial charge in [-0.3, -0.25) is 4.79 Å². The zero-order chi connectivity index (χ0) is 12.4. The van der Waals surface area contributed by atoms with Crippen molar-refractivity contribution in [2.75, 3.05) is 7.11 Å². The number of ether oxygens (including phenoxy) is 1. The highest BCUT2D eigenvalue weighted by Gasteiger charge is 2.14. The zero-order valence-electron chi connectivity index (χ0n) is 8.87. The molecule has 5 heteroatoms. The minimum Gasteiger partial charge on any atom is -0.495 e. The summed E-state index contributed by atoms with van der Waals surface area (Å²) in [6, 6.07) is 6.74. The Morgan fingerprint density at radius 1 is 1.41 bits per heavy atom. The van der Waals surface area contributed by atoms with Crippen LogP contribution in [0.4, 0.5) is 0 Å². The Balaban J connectivity index is 2.60. The fourth-order valence-corrected chi connectivity index (χ4v) is 2.48. The van der Waals surface area contributed by atoms with Crippen molar-refractivity contribution in [3.8, 4) is 17.1 Å². The summed E-state index contributed by atoms with van der Waals surface area (Å²) in [5, 5.41) is 0.553. The molecule has 2 aromatic rings. The predicted octanol–water partition coefficient (Wildman–Crippen LogP) is 4.18. The molecule has 0 aliphatic heterocycles. The molecule has 0 N–H and O–H groups in total. The molecule has 0 unspecified atom stereocenters. The average molecular weight is 316 g/mol. The van der Waals surface area contributed by atoms with Crippen LogP contribution in [0.15, 0.2) is 33.2 Å². The van der Waals surface area contributed by atoms with Crippen molar-refractivity contribution in [1.82, 2.24) is 0 Å². The van der Waals surface area contributed by atoms with E-state index in [0.717, 1.165) is 4.47 Å². The van der Waals surface area contributed by atoms with Crippen molar-refractivity contribution < 1.29 is 13.9 Å². The molecule has 1 aromatic carbocycles. The van der Waals surface area contributed by atoms with E-state index in [1.165, 1.54) is 0 Å². The molecule has 0 bridgehead atoms. The van der Waals surface area contributed by atoms with Crippen molar-refractivity contribution in [2.24, 2.45) is 0 Å². The summed E-state index contributed by atoms with van der Waals surface area (Å²) in [7, 11) is 1.56. The smallest absolute Gasteiger partial charge is 0.185 e. The van der Waals surface area contributed by atoms with Crippen molar-refractivity contribution in [1.29, 1.82) is 0 Å². The molecule has 0 saturated carbocycles. The summed E-state index contributed by atoms with van der Waals surface area (Å²) in [5.74, 6) is 1.41. The van der Waals surface area contributed by atoms with E-state index < -0.39 is 0 Å². The van der Waals surface area contributed by atoms with Crippen molar-refractivity contribution in [2.45, 2.75) is 0 Å². The summed E-state index contributed by atoms with van der Waals surface area (Å²) >= 11 is 9.33. The summed E-state index contributed by atoms with van der Waals surface area (Å²) < 4.78 is 11.3. The van der Waals surface area contributed by atoms with Crippen molar-refractivity contribution >= 4 is 33.8 Å². The monoisotopic (exact) mass is 314 g/mol. The maximum atomic E-state index is 10.6. The molecule has 1 heterocycles. The Morgan fingerprint density at radius 3 is 2.76 bits per heavy atom. The van der Waals surface area contributed by atoms with Gasteiger partial charge in [0, 0.05) is 5.02 Å². The summed E-state index contributed by atoms with van der Waals surface area (Å²) in [5.41, 5.74) is 0.694. The van der Waals surface area contributed by atoms with E-state index in [2.05, 4.69) is 15.9 Å². The van der Waals surface area contributed by atoms with Gasteiger partial charge in [-0.25, -0.2) is 0 Å². The molecule has 0 saturated heterocycles. The summed E-state index contributed by atoms with van der Waals surface area (Å²) in [6.07, 6.45) is 0.648. The number of halogens is 2. The third-order valence-electron chi connectivity index (χ3n) is 2.22. The molecular weight excluding hydrogens is 307 g/mol. The first-order valence-corrected chi connectivity index (χ1v) is 5.91. The lowest BCUT2D eigenvalue weighted by atomic mass is 10.1. The zero-order valence-corrected chi connectivity index (χ0v) is 11.2. The van der Waals surface area contributed by atoms with E-state index >= 15 is 0 Å². The fourth-order valence-electron chi connectivity index (χ4n) is 1.51. The van der Waals surface area contributed by atoms with Gasteiger partial charge in [-0.15, -0.1) is 0 Å². The molecule has 88 valence electrons. The minimum absolute atomic E-state index is 0.262. The number of methoxy groups -OCH3 is 1. The molecule has 0 aliphatic rings. The summed E-state index contributed by atoms with van der Waals surface area (Å²) in [4.78, 5) is 10.6.